The van der Waals surface area contributed by atoms with E-state index in [1.165, 1.54) is 0 Å². The number of nitrogens with zero attached hydrogens (tertiary/aromatic N) is 3. The maximum absolute atomic E-state index is 5.40. The zero-order valence-electron chi connectivity index (χ0n) is 10.6. The molecule has 0 saturated carbocycles. The molecule has 0 radical (unpaired) electrons. The third kappa shape index (κ3) is 3.56. The summed E-state index contributed by atoms with van der Waals surface area (Å²) in [6.45, 7) is 5.97. The molecule has 98 valence electrons. The van der Waals surface area contributed by atoms with Crippen molar-refractivity contribution in [2.24, 2.45) is 0 Å². The second-order valence-corrected chi connectivity index (χ2v) is 3.97. The van der Waals surface area contributed by atoms with Crippen LogP contribution in [0.4, 0.5) is 6.01 Å². The van der Waals surface area contributed by atoms with Crippen molar-refractivity contribution in [3.05, 3.63) is 23.4 Å². The van der Waals surface area contributed by atoms with Crippen LogP contribution in [0.15, 0.2) is 15.0 Å². The summed E-state index contributed by atoms with van der Waals surface area (Å²) in [7, 11) is 0. The molecule has 7 nitrogen and oxygen atoms in total. The highest BCUT2D eigenvalue weighted by molar-refractivity contribution is 5.19. The maximum atomic E-state index is 5.40. The van der Waals surface area contributed by atoms with Crippen molar-refractivity contribution in [2.75, 3.05) is 11.9 Å². The largest absolute Gasteiger partial charge is 0.407 e. The summed E-state index contributed by atoms with van der Waals surface area (Å²) in [5, 5.41) is 17.8. The van der Waals surface area contributed by atoms with Crippen molar-refractivity contribution in [3.63, 3.8) is 0 Å². The average molecular weight is 251 g/mol. The van der Waals surface area contributed by atoms with Gasteiger partial charge in [-0.25, -0.2) is 0 Å². The zero-order valence-corrected chi connectivity index (χ0v) is 10.6. The van der Waals surface area contributed by atoms with E-state index >= 15 is 0 Å². The number of rotatable bonds is 7. The monoisotopic (exact) mass is 251 g/mol. The SMILES string of the molecule is CCCNCc1nnc(NCc2cc(C)no2)o1. The Kier molecular flexibility index (Phi) is 4.30. The summed E-state index contributed by atoms with van der Waals surface area (Å²) in [4.78, 5) is 0. The summed E-state index contributed by atoms with van der Waals surface area (Å²) >= 11 is 0. The topological polar surface area (TPSA) is 89.0 Å². The molecule has 0 aromatic carbocycles. The van der Waals surface area contributed by atoms with Crippen LogP contribution in [-0.2, 0) is 13.1 Å². The first-order valence-electron chi connectivity index (χ1n) is 5.97. The van der Waals surface area contributed by atoms with Crippen LogP contribution in [0, 0.1) is 6.92 Å². The minimum absolute atomic E-state index is 0.386. The van der Waals surface area contributed by atoms with Gasteiger partial charge in [0, 0.05) is 6.07 Å². The molecular weight excluding hydrogens is 234 g/mol. The molecule has 2 aromatic rings. The molecule has 0 aliphatic carbocycles. The van der Waals surface area contributed by atoms with Gasteiger partial charge >= 0.3 is 6.01 Å². The van der Waals surface area contributed by atoms with Gasteiger partial charge in [0.1, 0.15) is 0 Å². The van der Waals surface area contributed by atoms with E-state index < -0.39 is 0 Å². The van der Waals surface area contributed by atoms with E-state index in [9.17, 15) is 0 Å². The van der Waals surface area contributed by atoms with Crippen molar-refractivity contribution in [2.45, 2.75) is 33.4 Å². The van der Waals surface area contributed by atoms with Gasteiger partial charge in [0.05, 0.1) is 18.8 Å². The molecule has 0 atom stereocenters. The highest BCUT2D eigenvalue weighted by atomic mass is 16.5. The Morgan fingerprint density at radius 2 is 2.17 bits per heavy atom. The number of hydrogen-bond donors (Lipinski definition) is 2. The van der Waals surface area contributed by atoms with Crippen LogP contribution in [-0.4, -0.2) is 21.9 Å². The lowest BCUT2D eigenvalue weighted by molar-refractivity contribution is 0.382. The van der Waals surface area contributed by atoms with E-state index in [1.54, 1.807) is 0 Å². The predicted molar refractivity (Wildman–Crippen MR) is 64.9 cm³/mol. The van der Waals surface area contributed by atoms with Gasteiger partial charge in [0.25, 0.3) is 0 Å². The van der Waals surface area contributed by atoms with E-state index in [4.69, 9.17) is 8.94 Å². The highest BCUT2D eigenvalue weighted by Crippen LogP contribution is 2.08. The van der Waals surface area contributed by atoms with Gasteiger partial charge in [0.15, 0.2) is 5.76 Å². The number of aryl methyl sites for hydroxylation is 1. The zero-order chi connectivity index (χ0) is 12.8. The third-order valence-electron chi connectivity index (χ3n) is 2.26. The van der Waals surface area contributed by atoms with Crippen molar-refractivity contribution < 1.29 is 8.94 Å². The van der Waals surface area contributed by atoms with Crippen LogP contribution in [0.5, 0.6) is 0 Å². The molecule has 0 fully saturated rings. The van der Waals surface area contributed by atoms with E-state index in [2.05, 4.69) is 32.9 Å². The smallest absolute Gasteiger partial charge is 0.315 e. The molecule has 2 heterocycles. The summed E-state index contributed by atoms with van der Waals surface area (Å²) in [6.07, 6.45) is 1.07. The lowest BCUT2D eigenvalue weighted by atomic mass is 10.4. The second-order valence-electron chi connectivity index (χ2n) is 3.97. The Hall–Kier alpha value is -1.89. The Labute approximate surface area is 105 Å². The molecule has 0 spiro atoms. The Morgan fingerprint density at radius 1 is 1.28 bits per heavy atom. The Bertz CT molecular complexity index is 479. The van der Waals surface area contributed by atoms with E-state index in [1.807, 2.05) is 13.0 Å². The van der Waals surface area contributed by atoms with Gasteiger partial charge in [-0.2, -0.15) is 0 Å². The number of aromatic nitrogens is 3. The standard InChI is InChI=1S/C11H17N5O2/c1-3-4-12-7-10-14-15-11(17-10)13-6-9-5-8(2)16-18-9/h5,12H,3-4,6-7H2,1-2H3,(H,13,15). The molecule has 0 unspecified atom stereocenters. The van der Waals surface area contributed by atoms with Gasteiger partial charge in [0.2, 0.25) is 5.89 Å². The van der Waals surface area contributed by atoms with Gasteiger partial charge in [-0.1, -0.05) is 17.2 Å². The van der Waals surface area contributed by atoms with Crippen molar-refractivity contribution in [3.8, 4) is 0 Å². The molecule has 2 rings (SSSR count). The number of nitrogens with one attached hydrogen (secondary N) is 2. The van der Waals surface area contributed by atoms with E-state index in [0.29, 0.717) is 25.0 Å². The van der Waals surface area contributed by atoms with Crippen molar-refractivity contribution in [1.82, 2.24) is 20.7 Å². The molecule has 7 heteroatoms. The fourth-order valence-corrected chi connectivity index (χ4v) is 1.43. The highest BCUT2D eigenvalue weighted by Gasteiger charge is 2.06. The van der Waals surface area contributed by atoms with Gasteiger partial charge in [-0.3, -0.25) is 0 Å². The summed E-state index contributed by atoms with van der Waals surface area (Å²) in [5.41, 5.74) is 0.849. The molecule has 2 N–H and O–H groups in total. The number of hydrogen-bond acceptors (Lipinski definition) is 7. The van der Waals surface area contributed by atoms with Gasteiger partial charge < -0.3 is 19.6 Å². The second kappa shape index (κ2) is 6.15. The minimum Gasteiger partial charge on any atom is -0.407 e. The fourth-order valence-electron chi connectivity index (χ4n) is 1.43. The molecule has 0 saturated heterocycles. The first kappa shape index (κ1) is 12.6. The summed E-state index contributed by atoms with van der Waals surface area (Å²) < 4.78 is 10.5. The quantitative estimate of drug-likeness (QED) is 0.720. The van der Waals surface area contributed by atoms with E-state index in [-0.39, 0.29) is 0 Å². The first-order valence-corrected chi connectivity index (χ1v) is 5.97. The summed E-state index contributed by atoms with van der Waals surface area (Å²) in [6, 6.07) is 2.24. The van der Waals surface area contributed by atoms with Gasteiger partial charge in [-0.15, -0.1) is 5.10 Å². The van der Waals surface area contributed by atoms with Crippen molar-refractivity contribution >= 4 is 6.01 Å². The minimum atomic E-state index is 0.386. The number of anilines is 1. The molecule has 0 aliphatic rings. The Morgan fingerprint density at radius 3 is 2.89 bits per heavy atom. The van der Waals surface area contributed by atoms with Crippen LogP contribution in [0.25, 0.3) is 0 Å². The van der Waals surface area contributed by atoms with Crippen LogP contribution in [0.1, 0.15) is 30.7 Å². The normalized spacial score (nSPS) is 10.8. The van der Waals surface area contributed by atoms with Crippen LogP contribution >= 0.6 is 0 Å². The molecule has 0 amide bonds. The molecule has 0 aliphatic heterocycles. The lowest BCUT2D eigenvalue weighted by Gasteiger charge is -1.97. The van der Waals surface area contributed by atoms with Crippen molar-refractivity contribution in [1.29, 1.82) is 0 Å². The first-order chi connectivity index (χ1) is 8.78. The average Bonchev–Trinajstić information content (AvgIpc) is 2.96. The molecule has 2 aromatic heterocycles. The third-order valence-corrected chi connectivity index (χ3v) is 2.26. The van der Waals surface area contributed by atoms with Crippen LogP contribution < -0.4 is 10.6 Å². The predicted octanol–water partition coefficient (Wildman–Crippen LogP) is 1.48. The maximum Gasteiger partial charge on any atom is 0.315 e. The van der Waals surface area contributed by atoms with Crippen LogP contribution in [0.3, 0.4) is 0 Å². The molecule has 18 heavy (non-hydrogen) atoms. The fraction of sp³-hybridized carbons (Fsp3) is 0.545. The molecular formula is C11H17N5O2. The molecule has 0 bridgehead atoms. The van der Waals surface area contributed by atoms with Gasteiger partial charge in [-0.05, 0) is 19.9 Å². The van der Waals surface area contributed by atoms with E-state index in [0.717, 1.165) is 24.4 Å². The van der Waals surface area contributed by atoms with Crippen LogP contribution in [0.2, 0.25) is 0 Å². The Balaban J connectivity index is 1.79. The lowest BCUT2D eigenvalue weighted by Crippen LogP contribution is -2.13. The summed E-state index contributed by atoms with van der Waals surface area (Å²) in [5.74, 6) is 1.30.